The quantitative estimate of drug-likeness (QED) is 0.0767. The van der Waals surface area contributed by atoms with E-state index in [1.165, 1.54) is 109 Å². The number of hydrogen-bond donors (Lipinski definition) is 0. The molecule has 0 unspecified atom stereocenters. The molecule has 0 atom stereocenters. The van der Waals surface area contributed by atoms with Crippen LogP contribution in [0.4, 0.5) is 0 Å². The van der Waals surface area contributed by atoms with E-state index in [4.69, 9.17) is 0 Å². The molecule has 3 heteroatoms. The van der Waals surface area contributed by atoms with Crippen LogP contribution in [0.25, 0.3) is 147 Å². The van der Waals surface area contributed by atoms with E-state index in [1.807, 2.05) is 133 Å². The number of fused-ring (bicyclic) bond motifs is 15. The molecule has 0 aromatic heterocycles. The summed E-state index contributed by atoms with van der Waals surface area (Å²) in [5.74, 6) is 0.227. The average molecular weight is 1510 g/mol. The molecule has 0 N–H and O–H groups in total. The van der Waals surface area contributed by atoms with Crippen LogP contribution in [0, 0.1) is 0 Å². The highest BCUT2D eigenvalue weighted by Crippen LogP contribution is 2.51. The second-order valence-electron chi connectivity index (χ2n) is 31.5. The van der Waals surface area contributed by atoms with Crippen molar-refractivity contribution in [3.8, 4) is 33.4 Å². The highest BCUT2D eigenvalue weighted by molar-refractivity contribution is 6.41. The molecule has 0 spiro atoms. The minimum absolute atomic E-state index is 0.0604. The van der Waals surface area contributed by atoms with Gasteiger partial charge in [-0.25, -0.2) is 0 Å². The lowest BCUT2D eigenvalue weighted by molar-refractivity contribution is 0.103. The fraction of sp³-hybridized carbons (Fsp3) is 0.0522. The van der Waals surface area contributed by atoms with Crippen LogP contribution in [0.15, 0.2) is 400 Å². The van der Waals surface area contributed by atoms with Gasteiger partial charge in [0.25, 0.3) is 0 Å². The number of rotatable bonds is 3. The van der Waals surface area contributed by atoms with Gasteiger partial charge in [-0.15, -0.1) is 0 Å². The highest BCUT2D eigenvalue weighted by Gasteiger charge is 2.31. The predicted molar refractivity (Wildman–Crippen MR) is 496 cm³/mol. The van der Waals surface area contributed by atoms with Crippen molar-refractivity contribution in [2.75, 3.05) is 0 Å². The third kappa shape index (κ3) is 12.7. The first-order valence-electron chi connectivity index (χ1n) is 41.0. The molecular formula is C115H78O3. The molecule has 0 heterocycles. The maximum Gasteiger partial charge on any atom is 0.194 e. The number of ketones is 3. The zero-order chi connectivity index (χ0) is 78.7. The van der Waals surface area contributed by atoms with E-state index in [1.54, 1.807) is 0 Å². The lowest BCUT2D eigenvalue weighted by Gasteiger charge is -2.25. The zero-order valence-electron chi connectivity index (χ0n) is 65.1. The Bertz CT molecular complexity index is 7360. The summed E-state index contributed by atoms with van der Waals surface area (Å²) in [6.45, 7) is 0. The molecule has 118 heavy (non-hydrogen) atoms. The van der Waals surface area contributed by atoms with Crippen LogP contribution in [0.3, 0.4) is 0 Å². The number of carbonyl (C=O) groups is 3. The van der Waals surface area contributed by atoms with Gasteiger partial charge in [0.2, 0.25) is 0 Å². The first-order chi connectivity index (χ1) is 58.3. The van der Waals surface area contributed by atoms with E-state index in [0.717, 1.165) is 148 Å². The van der Waals surface area contributed by atoms with Gasteiger partial charge >= 0.3 is 0 Å². The molecule has 26 rings (SSSR count). The predicted octanol–water partition coefficient (Wildman–Crippen LogP) is 28.8. The third-order valence-electron chi connectivity index (χ3n) is 24.8. The maximum atomic E-state index is 13.5. The van der Waals surface area contributed by atoms with Crippen molar-refractivity contribution in [1.29, 1.82) is 0 Å². The summed E-state index contributed by atoms with van der Waals surface area (Å²) in [6, 6.07) is 124. The van der Waals surface area contributed by atoms with Crippen LogP contribution in [0.5, 0.6) is 0 Å². The molecular weight excluding hydrogens is 1430 g/mol. The molecule has 6 aliphatic carbocycles. The Kier molecular flexibility index (Phi) is 18.2. The SMILES string of the molecule is C1=CC2=CCc3cccc4ccc(c2c34)C1.C1=CCc2c(ccc3cc4ccccc4cc23)C1.C1=CCc2c(ccc3ccccc23)C1.O=C(c1ccccc1)c1ccc(-c2ccccc2)cc1.O=C1c2ccccc2-c2ccc3c4ccc5c6c(ccc(c7ccc1c2c73)c64)-c1ccccc1C5=O.c1ccc2cc3ccccc3cc2c1. The Morgan fingerprint density at radius 1 is 0.220 bits per heavy atom. The first-order valence-corrected chi connectivity index (χ1v) is 41.0. The largest absolute Gasteiger partial charge is 0.289 e. The van der Waals surface area contributed by atoms with Gasteiger partial charge in [0, 0.05) is 44.2 Å². The van der Waals surface area contributed by atoms with E-state index in [-0.39, 0.29) is 17.3 Å². The first kappa shape index (κ1) is 71.0. The van der Waals surface area contributed by atoms with Gasteiger partial charge in [-0.3, -0.25) is 14.4 Å². The average Bonchev–Trinajstić information content (AvgIpc) is 0.685. The van der Waals surface area contributed by atoms with E-state index in [9.17, 15) is 14.4 Å². The minimum atomic E-state index is 0.0604. The van der Waals surface area contributed by atoms with Crippen LogP contribution in [0.1, 0.15) is 86.7 Å². The minimum Gasteiger partial charge on any atom is -0.289 e. The fourth-order valence-corrected chi connectivity index (χ4v) is 19.1. The Balaban J connectivity index is 0.0000000919. The monoisotopic (exact) mass is 1510 g/mol. The van der Waals surface area contributed by atoms with Crippen LogP contribution in [-0.2, 0) is 38.5 Å². The summed E-state index contributed by atoms with van der Waals surface area (Å²) >= 11 is 0. The molecule has 0 saturated heterocycles. The summed E-state index contributed by atoms with van der Waals surface area (Å²) in [7, 11) is 0. The molecule has 3 nitrogen and oxygen atoms in total. The van der Waals surface area contributed by atoms with Gasteiger partial charge in [0.05, 0.1) is 0 Å². The molecule has 6 aliphatic rings. The van der Waals surface area contributed by atoms with Gasteiger partial charge in [-0.2, -0.15) is 0 Å². The number of hydrogen-bond acceptors (Lipinski definition) is 3. The number of allylic oxidation sites excluding steroid dienone is 8. The van der Waals surface area contributed by atoms with Gasteiger partial charge < -0.3 is 0 Å². The molecule has 0 aliphatic heterocycles. The smallest absolute Gasteiger partial charge is 0.194 e. The molecule has 20 aromatic carbocycles. The second-order valence-corrected chi connectivity index (χ2v) is 31.5. The summed E-state index contributed by atoms with van der Waals surface area (Å²) in [4.78, 5) is 39.3. The maximum absolute atomic E-state index is 13.5. The van der Waals surface area contributed by atoms with E-state index < -0.39 is 0 Å². The Morgan fingerprint density at radius 2 is 0.627 bits per heavy atom. The third-order valence-corrected chi connectivity index (χ3v) is 24.8. The Labute approximate surface area is 685 Å². The van der Waals surface area contributed by atoms with Crippen molar-refractivity contribution < 1.29 is 14.4 Å². The van der Waals surface area contributed by atoms with Gasteiger partial charge in [-0.1, -0.05) is 364 Å². The molecule has 0 saturated carbocycles. The summed E-state index contributed by atoms with van der Waals surface area (Å²) in [6.07, 6.45) is 22.5. The van der Waals surface area contributed by atoms with Crippen molar-refractivity contribution in [1.82, 2.24) is 0 Å². The van der Waals surface area contributed by atoms with Crippen LogP contribution < -0.4 is 0 Å². The van der Waals surface area contributed by atoms with Gasteiger partial charge in [0.1, 0.15) is 0 Å². The molecule has 0 fully saturated rings. The van der Waals surface area contributed by atoms with Crippen LogP contribution >= 0.6 is 0 Å². The molecule has 0 radical (unpaired) electrons. The van der Waals surface area contributed by atoms with Crippen LogP contribution in [-0.4, -0.2) is 17.3 Å². The summed E-state index contributed by atoms with van der Waals surface area (Å²) in [5, 5.41) is 25.2. The van der Waals surface area contributed by atoms with Crippen molar-refractivity contribution >= 4 is 131 Å². The van der Waals surface area contributed by atoms with Crippen molar-refractivity contribution in [2.45, 2.75) is 38.5 Å². The van der Waals surface area contributed by atoms with E-state index in [2.05, 4.69) is 267 Å². The molecule has 0 amide bonds. The Hall–Kier alpha value is -14.8. The van der Waals surface area contributed by atoms with Crippen molar-refractivity contribution in [3.63, 3.8) is 0 Å². The number of carbonyl (C=O) groups excluding carboxylic acids is 3. The zero-order valence-corrected chi connectivity index (χ0v) is 65.1. The van der Waals surface area contributed by atoms with E-state index >= 15 is 0 Å². The Morgan fingerprint density at radius 3 is 1.19 bits per heavy atom. The van der Waals surface area contributed by atoms with Crippen molar-refractivity contribution in [2.24, 2.45) is 0 Å². The molecule has 0 bridgehead atoms. The highest BCUT2D eigenvalue weighted by atomic mass is 16.1. The number of benzene rings is 20. The summed E-state index contributed by atoms with van der Waals surface area (Å²) < 4.78 is 0. The fourth-order valence-electron chi connectivity index (χ4n) is 19.1. The second kappa shape index (κ2) is 30.2. The van der Waals surface area contributed by atoms with Gasteiger partial charge in [-0.05, 0) is 250 Å². The lowest BCUT2D eigenvalue weighted by Crippen LogP contribution is -2.11. The topological polar surface area (TPSA) is 51.2 Å². The molecule has 556 valence electrons. The normalized spacial score (nSPS) is 13.2. The molecule has 20 aromatic rings. The van der Waals surface area contributed by atoms with Crippen LogP contribution in [0.2, 0.25) is 0 Å². The van der Waals surface area contributed by atoms with Gasteiger partial charge in [0.15, 0.2) is 17.3 Å². The van der Waals surface area contributed by atoms with Crippen molar-refractivity contribution in [3.05, 3.63) is 473 Å². The standard InChI is InChI=1S/C34H16O2.C19H14O.C18H14.C16H12.C14H12.C14H10/c35-33-25-7-3-1-5-17(25)19-9-11-21-24-14-16-28-32-20(18-6-2-4-8-26(18)34(28)36)10-12-22(30(24)32)23-13-15-27(33)31(19)29(21)23;20-19(17-9-5-2-6-10-17)18-13-11-16(12-14-18)15-7-3-1-4-8-15;1-2-7-15-12-18-16(11-14(15)6-1)10-9-13-5-3-4-8-17(13)18;1-3-11-7-9-13-5-2-6-14-10-8-12(4-1)15(11)16(13)14;1-3-7-13-11(5-1)9-10-12-6-2-4-8-14(12)13;1-2-6-12-10-14-8-4-3-7-13(14)9-11(12)5-1/h1-16H;1-14H;1-4,6-7,9-12H,5,8H2;1-5,8-10H,6-7H2;1-5,7,9-10H,6,8H2;1-10H. The van der Waals surface area contributed by atoms with E-state index in [0.29, 0.717) is 0 Å². The summed E-state index contributed by atoms with van der Waals surface area (Å²) in [5.41, 5.74) is 22.9. The lowest BCUT2D eigenvalue weighted by atomic mass is 9.77.